The number of likely N-dealkylation sites (tertiary alicyclic amines) is 1. The lowest BCUT2D eigenvalue weighted by Gasteiger charge is -2.30. The molecule has 1 aromatic carbocycles. The Morgan fingerprint density at radius 3 is 2.40 bits per heavy atom. The summed E-state index contributed by atoms with van der Waals surface area (Å²) in [5.41, 5.74) is 7.65. The first-order valence-electron chi connectivity index (χ1n) is 5.54. The standard InChI is InChI=1S/C12H19N3/c1-15-8-6-12(7-9-15)14-11-4-2-10(13)3-5-11/h2-5,12,14H,6-9,13H2,1H3. The van der Waals surface area contributed by atoms with Gasteiger partial charge in [-0.25, -0.2) is 0 Å². The SMILES string of the molecule is CN1CCC(Nc2ccc(N)cc2)CC1. The van der Waals surface area contributed by atoms with Gasteiger partial charge >= 0.3 is 0 Å². The number of nitrogens with one attached hydrogen (secondary N) is 1. The molecule has 0 amide bonds. The van der Waals surface area contributed by atoms with E-state index in [2.05, 4.69) is 17.3 Å². The highest BCUT2D eigenvalue weighted by Crippen LogP contribution is 2.16. The molecule has 0 spiro atoms. The summed E-state index contributed by atoms with van der Waals surface area (Å²) >= 11 is 0. The number of rotatable bonds is 2. The Morgan fingerprint density at radius 2 is 1.80 bits per heavy atom. The van der Waals surface area contributed by atoms with E-state index in [4.69, 9.17) is 5.73 Å². The van der Waals surface area contributed by atoms with Crippen molar-refractivity contribution in [2.45, 2.75) is 18.9 Å². The zero-order chi connectivity index (χ0) is 10.7. The Hall–Kier alpha value is -1.22. The fraction of sp³-hybridized carbons (Fsp3) is 0.500. The molecule has 1 aliphatic rings. The predicted molar refractivity (Wildman–Crippen MR) is 65.0 cm³/mol. The first-order valence-corrected chi connectivity index (χ1v) is 5.54. The van der Waals surface area contributed by atoms with E-state index < -0.39 is 0 Å². The van der Waals surface area contributed by atoms with Crippen molar-refractivity contribution in [2.24, 2.45) is 0 Å². The molecular formula is C12H19N3. The zero-order valence-electron chi connectivity index (χ0n) is 9.24. The largest absolute Gasteiger partial charge is 0.399 e. The van der Waals surface area contributed by atoms with Crippen LogP contribution in [0.25, 0.3) is 0 Å². The Kier molecular flexibility index (Phi) is 3.11. The fourth-order valence-electron chi connectivity index (χ4n) is 1.97. The quantitative estimate of drug-likeness (QED) is 0.723. The number of hydrogen-bond donors (Lipinski definition) is 2. The van der Waals surface area contributed by atoms with Crippen molar-refractivity contribution in [3.63, 3.8) is 0 Å². The number of nitrogen functional groups attached to an aromatic ring is 1. The maximum Gasteiger partial charge on any atom is 0.0343 e. The first-order chi connectivity index (χ1) is 7.24. The molecule has 82 valence electrons. The molecule has 0 aliphatic carbocycles. The lowest BCUT2D eigenvalue weighted by Crippen LogP contribution is -2.36. The van der Waals surface area contributed by atoms with Gasteiger partial charge in [-0.15, -0.1) is 0 Å². The van der Waals surface area contributed by atoms with Crippen LogP contribution in [0.5, 0.6) is 0 Å². The molecule has 0 atom stereocenters. The van der Waals surface area contributed by atoms with E-state index in [0.29, 0.717) is 6.04 Å². The minimum Gasteiger partial charge on any atom is -0.399 e. The molecule has 0 unspecified atom stereocenters. The van der Waals surface area contributed by atoms with Crippen molar-refractivity contribution in [1.29, 1.82) is 0 Å². The molecule has 1 aliphatic heterocycles. The molecule has 3 nitrogen and oxygen atoms in total. The van der Waals surface area contributed by atoms with Crippen LogP contribution in [-0.4, -0.2) is 31.1 Å². The van der Waals surface area contributed by atoms with Gasteiger partial charge in [-0.05, 0) is 57.2 Å². The number of anilines is 2. The smallest absolute Gasteiger partial charge is 0.0343 e. The second kappa shape index (κ2) is 4.53. The molecule has 0 saturated carbocycles. The molecule has 0 bridgehead atoms. The van der Waals surface area contributed by atoms with Crippen LogP contribution in [0.3, 0.4) is 0 Å². The summed E-state index contributed by atoms with van der Waals surface area (Å²) < 4.78 is 0. The predicted octanol–water partition coefficient (Wildman–Crippen LogP) is 1.77. The van der Waals surface area contributed by atoms with Gasteiger partial charge in [0.15, 0.2) is 0 Å². The van der Waals surface area contributed by atoms with Crippen LogP contribution >= 0.6 is 0 Å². The van der Waals surface area contributed by atoms with E-state index in [1.807, 2.05) is 24.3 Å². The Balaban J connectivity index is 1.89. The van der Waals surface area contributed by atoms with Crippen molar-refractivity contribution < 1.29 is 0 Å². The van der Waals surface area contributed by atoms with Crippen molar-refractivity contribution in [3.8, 4) is 0 Å². The number of benzene rings is 1. The van der Waals surface area contributed by atoms with Crippen LogP contribution in [0, 0.1) is 0 Å². The number of nitrogens with zero attached hydrogens (tertiary/aromatic N) is 1. The molecule has 1 fully saturated rings. The average Bonchev–Trinajstić information content (AvgIpc) is 2.25. The topological polar surface area (TPSA) is 41.3 Å². The minimum atomic E-state index is 0.616. The molecule has 2 rings (SSSR count). The van der Waals surface area contributed by atoms with E-state index >= 15 is 0 Å². The highest BCUT2D eigenvalue weighted by molar-refractivity contribution is 5.51. The van der Waals surface area contributed by atoms with E-state index in [1.54, 1.807) is 0 Å². The molecule has 1 saturated heterocycles. The van der Waals surface area contributed by atoms with E-state index in [1.165, 1.54) is 31.6 Å². The second-order valence-electron chi connectivity index (χ2n) is 4.34. The lowest BCUT2D eigenvalue weighted by molar-refractivity contribution is 0.264. The third-order valence-corrected chi connectivity index (χ3v) is 3.00. The summed E-state index contributed by atoms with van der Waals surface area (Å²) in [7, 11) is 2.18. The van der Waals surface area contributed by atoms with Gasteiger partial charge in [0.05, 0.1) is 0 Å². The van der Waals surface area contributed by atoms with E-state index in [9.17, 15) is 0 Å². The second-order valence-corrected chi connectivity index (χ2v) is 4.34. The highest BCUT2D eigenvalue weighted by Gasteiger charge is 2.15. The third kappa shape index (κ3) is 2.86. The number of piperidine rings is 1. The Bertz CT molecular complexity index is 299. The Labute approximate surface area is 91.3 Å². The van der Waals surface area contributed by atoms with Gasteiger partial charge in [0.2, 0.25) is 0 Å². The summed E-state index contributed by atoms with van der Waals surface area (Å²) in [5, 5.41) is 3.55. The zero-order valence-corrected chi connectivity index (χ0v) is 9.24. The van der Waals surface area contributed by atoms with Crippen LogP contribution in [0.4, 0.5) is 11.4 Å². The summed E-state index contributed by atoms with van der Waals surface area (Å²) in [6.45, 7) is 2.37. The van der Waals surface area contributed by atoms with Crippen LogP contribution in [0.2, 0.25) is 0 Å². The molecular weight excluding hydrogens is 186 g/mol. The maximum absolute atomic E-state index is 5.64. The van der Waals surface area contributed by atoms with Crippen molar-refractivity contribution in [1.82, 2.24) is 4.90 Å². The molecule has 0 radical (unpaired) electrons. The number of nitrogens with two attached hydrogens (primary N) is 1. The molecule has 3 N–H and O–H groups in total. The van der Waals surface area contributed by atoms with Crippen molar-refractivity contribution in [3.05, 3.63) is 24.3 Å². The molecule has 3 heteroatoms. The summed E-state index contributed by atoms with van der Waals surface area (Å²) in [6.07, 6.45) is 2.45. The molecule has 0 aromatic heterocycles. The van der Waals surface area contributed by atoms with Gasteiger partial charge in [0.1, 0.15) is 0 Å². The monoisotopic (exact) mass is 205 g/mol. The van der Waals surface area contributed by atoms with Gasteiger partial charge in [-0.2, -0.15) is 0 Å². The average molecular weight is 205 g/mol. The summed E-state index contributed by atoms with van der Waals surface area (Å²) in [5.74, 6) is 0. The summed E-state index contributed by atoms with van der Waals surface area (Å²) in [6, 6.07) is 8.60. The van der Waals surface area contributed by atoms with Crippen LogP contribution in [0.15, 0.2) is 24.3 Å². The fourth-order valence-corrected chi connectivity index (χ4v) is 1.97. The van der Waals surface area contributed by atoms with Crippen LogP contribution < -0.4 is 11.1 Å². The van der Waals surface area contributed by atoms with Gasteiger partial charge in [0, 0.05) is 17.4 Å². The highest BCUT2D eigenvalue weighted by atomic mass is 15.1. The Morgan fingerprint density at radius 1 is 1.20 bits per heavy atom. The molecule has 1 heterocycles. The van der Waals surface area contributed by atoms with Crippen molar-refractivity contribution in [2.75, 3.05) is 31.2 Å². The lowest BCUT2D eigenvalue weighted by atomic mass is 10.1. The normalized spacial score (nSPS) is 19.0. The van der Waals surface area contributed by atoms with Crippen LogP contribution in [0.1, 0.15) is 12.8 Å². The maximum atomic E-state index is 5.64. The van der Waals surface area contributed by atoms with Crippen LogP contribution in [-0.2, 0) is 0 Å². The van der Waals surface area contributed by atoms with Gasteiger partial charge < -0.3 is 16.0 Å². The van der Waals surface area contributed by atoms with Gasteiger partial charge in [-0.1, -0.05) is 0 Å². The van der Waals surface area contributed by atoms with Crippen molar-refractivity contribution >= 4 is 11.4 Å². The third-order valence-electron chi connectivity index (χ3n) is 3.00. The van der Waals surface area contributed by atoms with Gasteiger partial charge in [0.25, 0.3) is 0 Å². The number of hydrogen-bond acceptors (Lipinski definition) is 3. The summed E-state index contributed by atoms with van der Waals surface area (Å²) in [4.78, 5) is 2.38. The molecule has 15 heavy (non-hydrogen) atoms. The van der Waals surface area contributed by atoms with Gasteiger partial charge in [-0.3, -0.25) is 0 Å². The minimum absolute atomic E-state index is 0.616. The first kappa shape index (κ1) is 10.3. The van der Waals surface area contributed by atoms with E-state index in [-0.39, 0.29) is 0 Å². The van der Waals surface area contributed by atoms with E-state index in [0.717, 1.165) is 5.69 Å². The molecule has 1 aromatic rings.